The van der Waals surface area contributed by atoms with Gasteiger partial charge in [0.2, 0.25) is 6.29 Å². The maximum Gasteiger partial charge on any atom is 0.288 e. The molecule has 2 fully saturated rings. The molecule has 3 aliphatic rings. The first-order chi connectivity index (χ1) is 17.2. The molecule has 2 aromatic rings. The molecule has 0 spiro atoms. The molecule has 6 heteroatoms. The summed E-state index contributed by atoms with van der Waals surface area (Å²) in [4.78, 5) is 17.8. The third-order valence-corrected chi connectivity index (χ3v) is 7.60. The Bertz CT molecular complexity index is 995. The van der Waals surface area contributed by atoms with E-state index in [1.54, 1.807) is 0 Å². The highest BCUT2D eigenvalue weighted by Crippen LogP contribution is 2.40. The van der Waals surface area contributed by atoms with Crippen molar-refractivity contribution in [1.29, 1.82) is 0 Å². The van der Waals surface area contributed by atoms with Crippen molar-refractivity contribution in [1.82, 2.24) is 9.80 Å². The van der Waals surface area contributed by atoms with Crippen molar-refractivity contribution >= 4 is 5.91 Å². The summed E-state index contributed by atoms with van der Waals surface area (Å²) in [5.74, 6) is 1.41. The predicted octanol–water partition coefficient (Wildman–Crippen LogP) is 4.09. The maximum atomic E-state index is 13.4. The van der Waals surface area contributed by atoms with E-state index in [-0.39, 0.29) is 12.5 Å². The van der Waals surface area contributed by atoms with Crippen molar-refractivity contribution in [3.8, 4) is 0 Å². The molecule has 186 valence electrons. The van der Waals surface area contributed by atoms with Gasteiger partial charge in [0.05, 0.1) is 13.2 Å². The first-order valence-electron chi connectivity index (χ1n) is 12.9. The van der Waals surface area contributed by atoms with Crippen LogP contribution in [0.3, 0.4) is 0 Å². The predicted molar refractivity (Wildman–Crippen MR) is 134 cm³/mol. The summed E-state index contributed by atoms with van der Waals surface area (Å²) in [5.41, 5.74) is 3.22. The van der Waals surface area contributed by atoms with Crippen LogP contribution in [-0.2, 0) is 34.0 Å². The average Bonchev–Trinajstić information content (AvgIpc) is 2.87. The van der Waals surface area contributed by atoms with E-state index in [4.69, 9.17) is 9.47 Å². The third-order valence-electron chi connectivity index (χ3n) is 7.60. The van der Waals surface area contributed by atoms with Crippen LogP contribution in [0.1, 0.15) is 42.4 Å². The maximum absolute atomic E-state index is 13.4. The molecule has 0 unspecified atom stereocenters. The molecular formula is C29H36N2O4. The number of carbonyl (C=O) groups is 1. The molecule has 0 radical (unpaired) electrons. The fourth-order valence-corrected chi connectivity index (χ4v) is 5.17. The summed E-state index contributed by atoms with van der Waals surface area (Å²) in [6.07, 6.45) is 6.16. The van der Waals surface area contributed by atoms with Crippen LogP contribution in [0, 0.1) is 11.8 Å². The fourth-order valence-electron chi connectivity index (χ4n) is 5.17. The number of allylic oxidation sites excluding steroid dienone is 1. The Morgan fingerprint density at radius 1 is 0.943 bits per heavy atom. The highest BCUT2D eigenvalue weighted by molar-refractivity contribution is 5.91. The smallest absolute Gasteiger partial charge is 0.288 e. The van der Waals surface area contributed by atoms with Crippen molar-refractivity contribution in [2.45, 2.75) is 51.7 Å². The van der Waals surface area contributed by atoms with Crippen molar-refractivity contribution in [3.05, 3.63) is 83.1 Å². The average molecular weight is 477 g/mol. The van der Waals surface area contributed by atoms with E-state index in [1.807, 2.05) is 35.2 Å². The number of amides is 1. The molecule has 1 saturated heterocycles. The molecular weight excluding hydrogens is 440 g/mol. The normalized spacial score (nSPS) is 23.3. The van der Waals surface area contributed by atoms with E-state index in [9.17, 15) is 9.90 Å². The highest BCUT2D eigenvalue weighted by Gasteiger charge is 2.36. The first-order valence-corrected chi connectivity index (χ1v) is 12.9. The number of carbonyl (C=O) groups excluding carboxylic acids is 1. The Hall–Kier alpha value is -2.67. The zero-order valence-electron chi connectivity index (χ0n) is 20.4. The van der Waals surface area contributed by atoms with E-state index < -0.39 is 6.29 Å². The number of hydrogen-bond acceptors (Lipinski definition) is 5. The molecule has 1 saturated carbocycles. The highest BCUT2D eigenvalue weighted by atomic mass is 16.7. The molecule has 1 N–H and O–H groups in total. The Morgan fingerprint density at radius 2 is 1.66 bits per heavy atom. The second-order valence-electron chi connectivity index (χ2n) is 10.0. The summed E-state index contributed by atoms with van der Waals surface area (Å²) < 4.78 is 12.3. The van der Waals surface area contributed by atoms with Crippen LogP contribution in [0.4, 0.5) is 0 Å². The number of nitrogens with zero attached hydrogens (tertiary/aromatic N) is 2. The van der Waals surface area contributed by atoms with Crippen molar-refractivity contribution in [2.75, 3.05) is 26.2 Å². The van der Waals surface area contributed by atoms with Crippen LogP contribution < -0.4 is 0 Å². The van der Waals surface area contributed by atoms with E-state index in [0.717, 1.165) is 37.2 Å². The molecule has 1 aliphatic carbocycles. The molecule has 2 aromatic carbocycles. The van der Waals surface area contributed by atoms with E-state index >= 15 is 0 Å². The summed E-state index contributed by atoms with van der Waals surface area (Å²) in [6.45, 7) is 4.53. The zero-order chi connectivity index (χ0) is 24.0. The van der Waals surface area contributed by atoms with Gasteiger partial charge in [-0.05, 0) is 47.4 Å². The van der Waals surface area contributed by atoms with Crippen molar-refractivity contribution in [3.63, 3.8) is 0 Å². The number of ether oxygens (including phenoxy) is 2. The number of piperazine rings is 1. The van der Waals surface area contributed by atoms with Gasteiger partial charge in [-0.15, -0.1) is 0 Å². The Balaban J connectivity index is 1.18. The van der Waals surface area contributed by atoms with Gasteiger partial charge in [0.15, 0.2) is 5.76 Å². The van der Waals surface area contributed by atoms with E-state index in [0.29, 0.717) is 37.3 Å². The zero-order valence-corrected chi connectivity index (χ0v) is 20.4. The second-order valence-corrected chi connectivity index (χ2v) is 10.0. The molecule has 6 nitrogen and oxygen atoms in total. The van der Waals surface area contributed by atoms with Gasteiger partial charge in [-0.1, -0.05) is 61.0 Å². The number of benzene rings is 2. The molecule has 5 rings (SSSR count). The monoisotopic (exact) mass is 476 g/mol. The lowest BCUT2D eigenvalue weighted by molar-refractivity contribution is -0.162. The summed E-state index contributed by atoms with van der Waals surface area (Å²) in [7, 11) is 0. The quantitative estimate of drug-likeness (QED) is 0.622. The van der Waals surface area contributed by atoms with Gasteiger partial charge in [0, 0.05) is 39.1 Å². The standard InChI is InChI=1S/C29H36N2O4/c32-20-23-9-11-24(12-10-23)21-34-28-18-26(25-7-4-8-25)17-27(35-28)29(33)31-15-13-30(14-16-31)19-22-5-2-1-3-6-22/h1-3,5-6,9-12,17,25-26,28,32H,4,7-8,13-16,18-21H2/t26-,28+/m0/s1. The number of aliphatic hydroxyl groups is 1. The van der Waals surface area contributed by atoms with E-state index in [1.165, 1.54) is 24.8 Å². The van der Waals surface area contributed by atoms with Gasteiger partial charge < -0.3 is 19.5 Å². The van der Waals surface area contributed by atoms with Crippen molar-refractivity contribution in [2.24, 2.45) is 11.8 Å². The largest absolute Gasteiger partial charge is 0.459 e. The Kier molecular flexibility index (Phi) is 7.82. The van der Waals surface area contributed by atoms with Gasteiger partial charge in [0.1, 0.15) is 0 Å². The molecule has 35 heavy (non-hydrogen) atoms. The molecule has 2 aliphatic heterocycles. The molecule has 0 aromatic heterocycles. The van der Waals surface area contributed by atoms with Crippen molar-refractivity contribution < 1.29 is 19.4 Å². The Labute approximate surface area is 208 Å². The van der Waals surface area contributed by atoms with Crippen LogP contribution >= 0.6 is 0 Å². The van der Waals surface area contributed by atoms with Gasteiger partial charge in [-0.2, -0.15) is 0 Å². The number of hydrogen-bond donors (Lipinski definition) is 1. The SMILES string of the molecule is O=C(C1=C[C@H](C2CCC2)C[C@H](OCc2ccc(CO)cc2)O1)N1CCN(Cc2ccccc2)CC1. The van der Waals surface area contributed by atoms with Crippen LogP contribution in [-0.4, -0.2) is 53.3 Å². The lowest BCUT2D eigenvalue weighted by Crippen LogP contribution is -2.49. The number of rotatable bonds is 8. The van der Waals surface area contributed by atoms with Crippen LogP contribution in [0.2, 0.25) is 0 Å². The van der Waals surface area contributed by atoms with E-state index in [2.05, 4.69) is 35.2 Å². The minimum Gasteiger partial charge on any atom is -0.459 e. The van der Waals surface area contributed by atoms with Gasteiger partial charge in [-0.3, -0.25) is 9.69 Å². The lowest BCUT2D eigenvalue weighted by atomic mass is 9.73. The minimum atomic E-state index is -0.415. The van der Waals surface area contributed by atoms with Crippen LogP contribution in [0.15, 0.2) is 66.4 Å². The first kappa shape index (κ1) is 24.0. The fraction of sp³-hybridized carbons (Fsp3) is 0.483. The van der Waals surface area contributed by atoms with Crippen LogP contribution in [0.5, 0.6) is 0 Å². The topological polar surface area (TPSA) is 62.2 Å². The molecule has 0 bridgehead atoms. The van der Waals surface area contributed by atoms with Crippen LogP contribution in [0.25, 0.3) is 0 Å². The lowest BCUT2D eigenvalue weighted by Gasteiger charge is -2.39. The molecule has 2 heterocycles. The van der Waals surface area contributed by atoms with Gasteiger partial charge in [0.25, 0.3) is 5.91 Å². The molecule has 1 amide bonds. The van der Waals surface area contributed by atoms with Gasteiger partial charge >= 0.3 is 0 Å². The summed E-state index contributed by atoms with van der Waals surface area (Å²) in [5, 5.41) is 9.25. The minimum absolute atomic E-state index is 0.00529. The third kappa shape index (κ3) is 6.13. The number of aliphatic hydroxyl groups excluding tert-OH is 1. The molecule has 2 atom stereocenters. The Morgan fingerprint density at radius 3 is 2.31 bits per heavy atom. The summed E-state index contributed by atoms with van der Waals surface area (Å²) >= 11 is 0. The summed E-state index contributed by atoms with van der Waals surface area (Å²) in [6, 6.07) is 18.2. The van der Waals surface area contributed by atoms with Gasteiger partial charge in [-0.25, -0.2) is 0 Å². The second kappa shape index (κ2) is 11.4.